The number of carbonyl (C=O) groups excluding carboxylic acids is 1. The van der Waals surface area contributed by atoms with Gasteiger partial charge in [-0.3, -0.25) is 4.79 Å². The summed E-state index contributed by atoms with van der Waals surface area (Å²) in [6.07, 6.45) is -2.68. The fraction of sp³-hybridized carbons (Fsp3) is 0.333. The summed E-state index contributed by atoms with van der Waals surface area (Å²) in [4.78, 5) is 19.2. The third-order valence-electron chi connectivity index (χ3n) is 5.05. The fourth-order valence-corrected chi connectivity index (χ4v) is 3.71. The fourth-order valence-electron chi connectivity index (χ4n) is 3.71. The molecular formula is C21H20F3N3O2. The second kappa shape index (κ2) is 7.42. The van der Waals surface area contributed by atoms with Crippen LogP contribution in [0.25, 0.3) is 22.4 Å². The van der Waals surface area contributed by atoms with Gasteiger partial charge in [-0.1, -0.05) is 0 Å². The number of carbonyl (C=O) groups is 1. The van der Waals surface area contributed by atoms with E-state index in [-0.39, 0.29) is 11.7 Å². The molecule has 3 aromatic rings. The monoisotopic (exact) mass is 403 g/mol. The summed E-state index contributed by atoms with van der Waals surface area (Å²) in [5.74, 6) is 0.358. The van der Waals surface area contributed by atoms with Crippen molar-refractivity contribution in [1.29, 1.82) is 0 Å². The Labute approximate surface area is 165 Å². The molecule has 5 nitrogen and oxygen atoms in total. The third kappa shape index (κ3) is 3.92. The SMILES string of the molecule is CCn1c(-c2ccc(OC(F)(F)F)cc2)nc2cc(C(=O)N3CCCC3)ccc21. The highest BCUT2D eigenvalue weighted by molar-refractivity contribution is 5.98. The lowest BCUT2D eigenvalue weighted by Gasteiger charge is -2.15. The molecule has 0 N–H and O–H groups in total. The predicted octanol–water partition coefficient (Wildman–Crippen LogP) is 4.86. The van der Waals surface area contributed by atoms with Crippen molar-refractivity contribution < 1.29 is 22.7 Å². The zero-order chi connectivity index (χ0) is 20.6. The van der Waals surface area contributed by atoms with E-state index in [1.807, 2.05) is 22.5 Å². The minimum Gasteiger partial charge on any atom is -0.406 e. The minimum atomic E-state index is -4.73. The molecule has 0 unspecified atom stereocenters. The number of ether oxygens (including phenoxy) is 1. The quantitative estimate of drug-likeness (QED) is 0.625. The van der Waals surface area contributed by atoms with E-state index in [4.69, 9.17) is 0 Å². The number of imidazole rings is 1. The number of likely N-dealkylation sites (tertiary alicyclic amines) is 1. The van der Waals surface area contributed by atoms with Crippen LogP contribution in [0.4, 0.5) is 13.2 Å². The van der Waals surface area contributed by atoms with E-state index in [0.29, 0.717) is 29.0 Å². The molecule has 0 spiro atoms. The summed E-state index contributed by atoms with van der Waals surface area (Å²) in [6, 6.07) is 11.1. The first-order valence-corrected chi connectivity index (χ1v) is 9.51. The van der Waals surface area contributed by atoms with Crippen LogP contribution < -0.4 is 4.74 Å². The molecule has 1 aromatic heterocycles. The Balaban J connectivity index is 1.68. The molecule has 8 heteroatoms. The van der Waals surface area contributed by atoms with Crippen molar-refractivity contribution in [3.05, 3.63) is 48.0 Å². The Morgan fingerprint density at radius 1 is 1.10 bits per heavy atom. The van der Waals surface area contributed by atoms with Gasteiger partial charge in [-0.25, -0.2) is 4.98 Å². The average molecular weight is 403 g/mol. The molecule has 1 fully saturated rings. The Morgan fingerprint density at radius 2 is 1.79 bits per heavy atom. The molecule has 0 aliphatic carbocycles. The highest BCUT2D eigenvalue weighted by atomic mass is 19.4. The molecule has 0 bridgehead atoms. The minimum absolute atomic E-state index is 0.00523. The number of halogens is 3. The maximum atomic E-state index is 12.7. The van der Waals surface area contributed by atoms with Crippen LogP contribution >= 0.6 is 0 Å². The topological polar surface area (TPSA) is 47.4 Å². The molecule has 2 heterocycles. The summed E-state index contributed by atoms with van der Waals surface area (Å²) >= 11 is 0. The summed E-state index contributed by atoms with van der Waals surface area (Å²) in [7, 11) is 0. The molecule has 0 radical (unpaired) electrons. The first-order valence-electron chi connectivity index (χ1n) is 9.51. The molecule has 1 amide bonds. The van der Waals surface area contributed by atoms with Gasteiger partial charge in [0.2, 0.25) is 0 Å². The number of hydrogen-bond donors (Lipinski definition) is 0. The Hall–Kier alpha value is -3.03. The van der Waals surface area contributed by atoms with E-state index in [2.05, 4.69) is 9.72 Å². The second-order valence-electron chi connectivity index (χ2n) is 6.95. The van der Waals surface area contributed by atoms with Crippen LogP contribution in [0.15, 0.2) is 42.5 Å². The van der Waals surface area contributed by atoms with E-state index >= 15 is 0 Å². The number of alkyl halides is 3. The Morgan fingerprint density at radius 3 is 2.41 bits per heavy atom. The van der Waals surface area contributed by atoms with Crippen LogP contribution in [-0.4, -0.2) is 39.8 Å². The van der Waals surface area contributed by atoms with Gasteiger partial charge in [0.05, 0.1) is 11.0 Å². The standard InChI is InChI=1S/C21H20F3N3O2/c1-2-27-18-10-7-15(20(28)26-11-3-4-12-26)13-17(18)25-19(27)14-5-8-16(9-6-14)29-21(22,23)24/h5-10,13H,2-4,11-12H2,1H3. The van der Waals surface area contributed by atoms with Gasteiger partial charge in [0.15, 0.2) is 0 Å². The van der Waals surface area contributed by atoms with Crippen molar-refractivity contribution in [3.63, 3.8) is 0 Å². The summed E-state index contributed by atoms with van der Waals surface area (Å²) in [5, 5.41) is 0. The van der Waals surface area contributed by atoms with Crippen molar-refractivity contribution in [1.82, 2.24) is 14.5 Å². The zero-order valence-electron chi connectivity index (χ0n) is 15.9. The maximum absolute atomic E-state index is 12.7. The van der Waals surface area contributed by atoms with Crippen molar-refractivity contribution in [2.75, 3.05) is 13.1 Å². The van der Waals surface area contributed by atoms with E-state index < -0.39 is 6.36 Å². The van der Waals surface area contributed by atoms with Crippen LogP contribution in [0.5, 0.6) is 5.75 Å². The van der Waals surface area contributed by atoms with Crippen LogP contribution in [0.2, 0.25) is 0 Å². The first kappa shape index (κ1) is 19.3. The van der Waals surface area contributed by atoms with E-state index in [1.54, 1.807) is 24.3 Å². The van der Waals surface area contributed by atoms with E-state index in [1.165, 1.54) is 12.1 Å². The molecule has 2 aromatic carbocycles. The number of aryl methyl sites for hydroxylation is 1. The van der Waals surface area contributed by atoms with Gasteiger partial charge in [0.25, 0.3) is 5.91 Å². The van der Waals surface area contributed by atoms with Crippen LogP contribution in [0, 0.1) is 0 Å². The molecule has 0 atom stereocenters. The number of hydrogen-bond acceptors (Lipinski definition) is 3. The Bertz CT molecular complexity index is 1040. The van der Waals surface area contributed by atoms with Crippen molar-refractivity contribution >= 4 is 16.9 Å². The highest BCUT2D eigenvalue weighted by Crippen LogP contribution is 2.29. The van der Waals surface area contributed by atoms with Crippen molar-refractivity contribution in [2.24, 2.45) is 0 Å². The normalized spacial score (nSPS) is 14.6. The number of amides is 1. The van der Waals surface area contributed by atoms with Crippen LogP contribution in [0.1, 0.15) is 30.1 Å². The number of nitrogens with zero attached hydrogens (tertiary/aromatic N) is 3. The van der Waals surface area contributed by atoms with Gasteiger partial charge >= 0.3 is 6.36 Å². The molecule has 4 rings (SSSR count). The number of fused-ring (bicyclic) bond motifs is 1. The molecule has 29 heavy (non-hydrogen) atoms. The number of benzene rings is 2. The van der Waals surface area contributed by atoms with Gasteiger partial charge in [-0.2, -0.15) is 0 Å². The molecule has 1 saturated heterocycles. The van der Waals surface area contributed by atoms with Gasteiger partial charge < -0.3 is 14.2 Å². The number of rotatable bonds is 4. The van der Waals surface area contributed by atoms with Crippen LogP contribution in [-0.2, 0) is 6.54 Å². The number of aromatic nitrogens is 2. The van der Waals surface area contributed by atoms with Crippen LogP contribution in [0.3, 0.4) is 0 Å². The van der Waals surface area contributed by atoms with Gasteiger partial charge in [-0.05, 0) is 62.2 Å². The van der Waals surface area contributed by atoms with E-state index in [0.717, 1.165) is 31.4 Å². The van der Waals surface area contributed by atoms with Crippen molar-refractivity contribution in [3.8, 4) is 17.1 Å². The van der Waals surface area contributed by atoms with E-state index in [9.17, 15) is 18.0 Å². The summed E-state index contributed by atoms with van der Waals surface area (Å²) < 4.78 is 43.0. The molecule has 152 valence electrons. The highest BCUT2D eigenvalue weighted by Gasteiger charge is 2.31. The Kier molecular flexibility index (Phi) is 4.94. The summed E-state index contributed by atoms with van der Waals surface area (Å²) in [5.41, 5.74) is 2.82. The third-order valence-corrected chi connectivity index (χ3v) is 5.05. The zero-order valence-corrected chi connectivity index (χ0v) is 15.9. The second-order valence-corrected chi connectivity index (χ2v) is 6.95. The largest absolute Gasteiger partial charge is 0.573 e. The van der Waals surface area contributed by atoms with Gasteiger partial charge in [-0.15, -0.1) is 13.2 Å². The summed E-state index contributed by atoms with van der Waals surface area (Å²) in [6.45, 7) is 4.15. The lowest BCUT2D eigenvalue weighted by molar-refractivity contribution is -0.274. The lowest BCUT2D eigenvalue weighted by Crippen LogP contribution is -2.27. The van der Waals surface area contributed by atoms with Crippen molar-refractivity contribution in [2.45, 2.75) is 32.7 Å². The smallest absolute Gasteiger partial charge is 0.406 e. The molecule has 0 saturated carbocycles. The molecule has 1 aliphatic heterocycles. The molecule has 1 aliphatic rings. The van der Waals surface area contributed by atoms with Gasteiger partial charge in [0.1, 0.15) is 11.6 Å². The maximum Gasteiger partial charge on any atom is 0.573 e. The first-order chi connectivity index (χ1) is 13.9. The lowest BCUT2D eigenvalue weighted by atomic mass is 10.1. The predicted molar refractivity (Wildman–Crippen MR) is 103 cm³/mol. The average Bonchev–Trinajstić information content (AvgIpc) is 3.34. The molecular weight excluding hydrogens is 383 g/mol. The van der Waals surface area contributed by atoms with Gasteiger partial charge in [0, 0.05) is 30.8 Å².